The van der Waals surface area contributed by atoms with Gasteiger partial charge in [0.25, 0.3) is 0 Å². The number of benzene rings is 2. The fraction of sp³-hybridized carbons (Fsp3) is 0.381. The molecule has 1 fully saturated rings. The molecule has 0 saturated heterocycles. The van der Waals surface area contributed by atoms with Crippen LogP contribution >= 0.6 is 0 Å². The van der Waals surface area contributed by atoms with Crippen LogP contribution in [-0.2, 0) is 6.42 Å². The Morgan fingerprint density at radius 3 is 1.50 bits per heavy atom. The van der Waals surface area contributed by atoms with Gasteiger partial charge < -0.3 is 0 Å². The highest BCUT2D eigenvalue weighted by Gasteiger charge is 1.98. The second-order valence-electron chi connectivity index (χ2n) is 5.86. The lowest BCUT2D eigenvalue weighted by Gasteiger charge is -2.05. The van der Waals surface area contributed by atoms with Crippen LogP contribution in [0.15, 0.2) is 48.5 Å². The van der Waals surface area contributed by atoms with E-state index in [9.17, 15) is 0 Å². The molecule has 0 amide bonds. The quantitative estimate of drug-likeness (QED) is 0.653. The first kappa shape index (κ1) is 16.3. The third kappa shape index (κ3) is 5.04. The van der Waals surface area contributed by atoms with E-state index < -0.39 is 0 Å². The summed E-state index contributed by atoms with van der Waals surface area (Å²) in [7, 11) is 0. The molecule has 0 N–H and O–H groups in total. The van der Waals surface area contributed by atoms with Crippen molar-refractivity contribution in [2.75, 3.05) is 0 Å². The average Bonchev–Trinajstić information content (AvgIpc) is 2.64. The molecule has 1 aliphatic rings. The number of nitriles is 1. The second-order valence-corrected chi connectivity index (χ2v) is 5.86. The van der Waals surface area contributed by atoms with Crippen LogP contribution in [0, 0.1) is 11.3 Å². The van der Waals surface area contributed by atoms with Gasteiger partial charge in [-0.3, -0.25) is 0 Å². The third-order valence-corrected chi connectivity index (χ3v) is 4.21. The molecule has 0 heterocycles. The fourth-order valence-electron chi connectivity index (χ4n) is 2.73. The molecule has 1 heteroatoms. The molecule has 0 aliphatic heterocycles. The van der Waals surface area contributed by atoms with E-state index in [4.69, 9.17) is 5.26 Å². The van der Waals surface area contributed by atoms with Gasteiger partial charge in [-0.25, -0.2) is 0 Å². The van der Waals surface area contributed by atoms with Crippen LogP contribution < -0.4 is 0 Å². The standard InChI is InChI=1S/C15H13N.C6H12/c1-2-12-3-7-14(8-4-12)15-9-5-13(11-16)6-10-15;1-2-4-6-5-3-1/h3-10H,2H2,1H3;1-6H2. The Morgan fingerprint density at radius 2 is 1.14 bits per heavy atom. The van der Waals surface area contributed by atoms with Gasteiger partial charge in [-0.05, 0) is 35.2 Å². The molecular formula is C21H25N. The highest BCUT2D eigenvalue weighted by Crippen LogP contribution is 2.20. The van der Waals surface area contributed by atoms with Crippen molar-refractivity contribution in [3.8, 4) is 17.2 Å². The summed E-state index contributed by atoms with van der Waals surface area (Å²) >= 11 is 0. The van der Waals surface area contributed by atoms with Crippen molar-refractivity contribution in [2.24, 2.45) is 0 Å². The zero-order valence-electron chi connectivity index (χ0n) is 13.5. The van der Waals surface area contributed by atoms with Crippen molar-refractivity contribution < 1.29 is 0 Å². The van der Waals surface area contributed by atoms with Crippen LogP contribution in [0.25, 0.3) is 11.1 Å². The average molecular weight is 291 g/mol. The first-order valence-electron chi connectivity index (χ1n) is 8.43. The Labute approximate surface area is 134 Å². The molecule has 114 valence electrons. The monoisotopic (exact) mass is 291 g/mol. The lowest BCUT2D eigenvalue weighted by atomic mass is 10.0. The van der Waals surface area contributed by atoms with E-state index in [1.165, 1.54) is 49.7 Å². The molecule has 0 unspecified atom stereocenters. The van der Waals surface area contributed by atoms with Gasteiger partial charge in [0, 0.05) is 0 Å². The first-order valence-corrected chi connectivity index (χ1v) is 8.43. The SMILES string of the molecule is C1CCCCC1.CCc1ccc(-c2ccc(C#N)cc2)cc1. The summed E-state index contributed by atoms with van der Waals surface area (Å²) in [5.41, 5.74) is 4.40. The van der Waals surface area contributed by atoms with Crippen LogP contribution in [0.5, 0.6) is 0 Å². The minimum Gasteiger partial charge on any atom is -0.192 e. The lowest BCUT2D eigenvalue weighted by molar-refractivity contribution is 0.504. The van der Waals surface area contributed by atoms with Crippen LogP contribution in [-0.4, -0.2) is 0 Å². The summed E-state index contributed by atoms with van der Waals surface area (Å²) in [6.45, 7) is 2.15. The molecule has 1 nitrogen and oxygen atoms in total. The van der Waals surface area contributed by atoms with Crippen LogP contribution in [0.2, 0.25) is 0 Å². The van der Waals surface area contributed by atoms with Crippen molar-refractivity contribution in [1.82, 2.24) is 0 Å². The van der Waals surface area contributed by atoms with E-state index >= 15 is 0 Å². The number of rotatable bonds is 2. The van der Waals surface area contributed by atoms with E-state index in [1.807, 2.05) is 24.3 Å². The summed E-state index contributed by atoms with van der Waals surface area (Å²) < 4.78 is 0. The van der Waals surface area contributed by atoms with Gasteiger partial charge in [-0.2, -0.15) is 5.26 Å². The molecule has 0 bridgehead atoms. The molecule has 2 aromatic carbocycles. The number of hydrogen-bond donors (Lipinski definition) is 0. The van der Waals surface area contributed by atoms with Crippen molar-refractivity contribution >= 4 is 0 Å². The zero-order valence-corrected chi connectivity index (χ0v) is 13.5. The predicted octanol–water partition coefficient (Wildman–Crippen LogP) is 6.13. The fourth-order valence-corrected chi connectivity index (χ4v) is 2.73. The smallest absolute Gasteiger partial charge is 0.0991 e. The van der Waals surface area contributed by atoms with Crippen molar-refractivity contribution in [3.63, 3.8) is 0 Å². The molecule has 3 rings (SSSR count). The maximum Gasteiger partial charge on any atom is 0.0991 e. The molecule has 22 heavy (non-hydrogen) atoms. The Kier molecular flexibility index (Phi) is 6.71. The topological polar surface area (TPSA) is 23.8 Å². The molecule has 0 radical (unpaired) electrons. The number of nitrogens with zero attached hydrogens (tertiary/aromatic N) is 1. The summed E-state index contributed by atoms with van der Waals surface area (Å²) in [6, 6.07) is 18.3. The minimum absolute atomic E-state index is 0.703. The van der Waals surface area contributed by atoms with Gasteiger partial charge in [0.1, 0.15) is 0 Å². The Bertz CT molecular complexity index is 572. The Balaban J connectivity index is 0.000000246. The summed E-state index contributed by atoms with van der Waals surface area (Å²) in [5, 5.41) is 8.72. The zero-order chi connectivity index (χ0) is 15.6. The molecule has 0 spiro atoms. The highest BCUT2D eigenvalue weighted by molar-refractivity contribution is 5.64. The summed E-state index contributed by atoms with van der Waals surface area (Å²) in [4.78, 5) is 0. The van der Waals surface area contributed by atoms with Crippen LogP contribution in [0.4, 0.5) is 0 Å². The third-order valence-electron chi connectivity index (χ3n) is 4.21. The van der Waals surface area contributed by atoms with Crippen LogP contribution in [0.3, 0.4) is 0 Å². The molecular weight excluding hydrogens is 266 g/mol. The Morgan fingerprint density at radius 1 is 0.727 bits per heavy atom. The Hall–Kier alpha value is -2.07. The van der Waals surface area contributed by atoms with Crippen molar-refractivity contribution in [1.29, 1.82) is 5.26 Å². The van der Waals surface area contributed by atoms with Gasteiger partial charge in [-0.1, -0.05) is 81.8 Å². The highest BCUT2D eigenvalue weighted by atomic mass is 14.2. The number of hydrogen-bond acceptors (Lipinski definition) is 1. The lowest BCUT2D eigenvalue weighted by Crippen LogP contribution is -1.85. The molecule has 0 atom stereocenters. The summed E-state index contributed by atoms with van der Waals surface area (Å²) in [6.07, 6.45) is 10.1. The van der Waals surface area contributed by atoms with Crippen LogP contribution in [0.1, 0.15) is 56.6 Å². The largest absolute Gasteiger partial charge is 0.192 e. The van der Waals surface area contributed by atoms with Gasteiger partial charge in [0.2, 0.25) is 0 Å². The molecule has 1 aliphatic carbocycles. The van der Waals surface area contributed by atoms with Gasteiger partial charge in [0.15, 0.2) is 0 Å². The van der Waals surface area contributed by atoms with Crippen molar-refractivity contribution in [2.45, 2.75) is 51.9 Å². The van der Waals surface area contributed by atoms with E-state index in [0.717, 1.165) is 12.0 Å². The second kappa shape index (κ2) is 9.05. The van der Waals surface area contributed by atoms with E-state index in [0.29, 0.717) is 5.56 Å². The number of aryl methyl sites for hydroxylation is 1. The maximum atomic E-state index is 8.72. The maximum absolute atomic E-state index is 8.72. The van der Waals surface area contributed by atoms with Gasteiger partial charge in [-0.15, -0.1) is 0 Å². The van der Waals surface area contributed by atoms with E-state index in [-0.39, 0.29) is 0 Å². The van der Waals surface area contributed by atoms with E-state index in [1.54, 1.807) is 0 Å². The minimum atomic E-state index is 0.703. The first-order chi connectivity index (χ1) is 10.8. The summed E-state index contributed by atoms with van der Waals surface area (Å²) in [5.74, 6) is 0. The molecule has 0 aromatic heterocycles. The normalized spacial score (nSPS) is 13.6. The van der Waals surface area contributed by atoms with Gasteiger partial charge >= 0.3 is 0 Å². The molecule has 1 saturated carbocycles. The van der Waals surface area contributed by atoms with E-state index in [2.05, 4.69) is 37.3 Å². The van der Waals surface area contributed by atoms with Crippen molar-refractivity contribution in [3.05, 3.63) is 59.7 Å². The van der Waals surface area contributed by atoms with Gasteiger partial charge in [0.05, 0.1) is 11.6 Å². The molecule has 2 aromatic rings. The predicted molar refractivity (Wildman–Crippen MR) is 93.7 cm³/mol.